The molecule has 1 heterocycles. The quantitative estimate of drug-likeness (QED) is 0.798. The molecule has 0 bridgehead atoms. The molecule has 0 saturated heterocycles. The van der Waals surface area contributed by atoms with Gasteiger partial charge in [-0.15, -0.1) is 0 Å². The number of aromatic nitrogens is 1. The lowest BCUT2D eigenvalue weighted by atomic mass is 10.1. The molecule has 94 valence electrons. The number of aromatic hydroxyl groups is 1. The maximum Gasteiger partial charge on any atom is 0.358 e. The third kappa shape index (κ3) is 1.73. The van der Waals surface area contributed by atoms with Crippen molar-refractivity contribution in [3.8, 4) is 5.75 Å². The number of rotatable bonds is 1. The fourth-order valence-corrected chi connectivity index (χ4v) is 1.97. The first-order chi connectivity index (χ1) is 8.47. The van der Waals surface area contributed by atoms with E-state index >= 15 is 0 Å². The molecule has 0 atom stereocenters. The predicted molar refractivity (Wildman–Crippen MR) is 67.2 cm³/mol. The Hall–Kier alpha value is -2.01. The fraction of sp³-hybridized carbons (Fsp3) is 0.167. The highest BCUT2D eigenvalue weighted by atomic mass is 35.5. The molecule has 2 rings (SSSR count). The van der Waals surface area contributed by atoms with Gasteiger partial charge in [0.2, 0.25) is 0 Å². The number of carbonyl (C=O) groups excluding carboxylic acids is 1. The highest BCUT2D eigenvalue weighted by molar-refractivity contribution is 6.31. The van der Waals surface area contributed by atoms with E-state index in [1.54, 1.807) is 6.07 Å². The van der Waals surface area contributed by atoms with Crippen LogP contribution in [0.15, 0.2) is 23.0 Å². The second-order valence-electron chi connectivity index (χ2n) is 3.74. The van der Waals surface area contributed by atoms with Crippen molar-refractivity contribution in [3.63, 3.8) is 0 Å². The van der Waals surface area contributed by atoms with Crippen LogP contribution in [0.2, 0.25) is 5.02 Å². The van der Waals surface area contributed by atoms with Crippen LogP contribution in [-0.2, 0) is 11.8 Å². The van der Waals surface area contributed by atoms with Crippen molar-refractivity contribution < 1.29 is 14.6 Å². The van der Waals surface area contributed by atoms with Crippen LogP contribution in [0, 0.1) is 0 Å². The number of hydrogen-bond donors (Lipinski definition) is 1. The van der Waals surface area contributed by atoms with E-state index in [9.17, 15) is 14.7 Å². The SMILES string of the molecule is COC(=O)c1c(O)c2cc(Cl)ccc2c(=O)n1C. The van der Waals surface area contributed by atoms with Gasteiger partial charge in [-0.3, -0.25) is 4.79 Å². The normalized spacial score (nSPS) is 10.6. The van der Waals surface area contributed by atoms with Crippen LogP contribution in [-0.4, -0.2) is 22.8 Å². The lowest BCUT2D eigenvalue weighted by Gasteiger charge is -2.11. The van der Waals surface area contributed by atoms with Crippen LogP contribution < -0.4 is 5.56 Å². The minimum absolute atomic E-state index is 0.197. The summed E-state index contributed by atoms with van der Waals surface area (Å²) in [6.07, 6.45) is 0. The standard InChI is InChI=1S/C12H10ClNO4/c1-14-9(12(17)18-2)10(15)8-5-6(13)3-4-7(8)11(14)16/h3-5,15H,1-2H3. The highest BCUT2D eigenvalue weighted by Gasteiger charge is 2.20. The molecule has 0 saturated carbocycles. The van der Waals surface area contributed by atoms with Crippen molar-refractivity contribution >= 4 is 28.3 Å². The molecule has 0 amide bonds. The molecule has 18 heavy (non-hydrogen) atoms. The maximum absolute atomic E-state index is 12.0. The van der Waals surface area contributed by atoms with E-state index in [-0.39, 0.29) is 22.2 Å². The predicted octanol–water partition coefficient (Wildman–Crippen LogP) is 1.68. The first-order valence-electron chi connectivity index (χ1n) is 5.07. The van der Waals surface area contributed by atoms with Crippen molar-refractivity contribution in [1.29, 1.82) is 0 Å². The van der Waals surface area contributed by atoms with E-state index in [0.717, 1.165) is 4.57 Å². The van der Waals surface area contributed by atoms with Crippen LogP contribution in [0.1, 0.15) is 10.5 Å². The zero-order chi connectivity index (χ0) is 13.4. The Morgan fingerprint density at radius 3 is 2.67 bits per heavy atom. The number of hydrogen-bond acceptors (Lipinski definition) is 4. The van der Waals surface area contributed by atoms with Gasteiger partial charge in [-0.1, -0.05) is 11.6 Å². The zero-order valence-electron chi connectivity index (χ0n) is 9.73. The second kappa shape index (κ2) is 4.34. The van der Waals surface area contributed by atoms with E-state index in [1.165, 1.54) is 26.3 Å². The average Bonchev–Trinajstić information content (AvgIpc) is 2.36. The minimum Gasteiger partial charge on any atom is -0.505 e. The molecule has 0 aliphatic rings. The molecule has 1 N–H and O–H groups in total. The largest absolute Gasteiger partial charge is 0.505 e. The molecular weight excluding hydrogens is 258 g/mol. The van der Waals surface area contributed by atoms with Crippen LogP contribution in [0.25, 0.3) is 10.8 Å². The summed E-state index contributed by atoms with van der Waals surface area (Å²) in [7, 11) is 2.57. The van der Waals surface area contributed by atoms with E-state index < -0.39 is 11.5 Å². The molecule has 2 aromatic rings. The Bertz CT molecular complexity index is 705. The Morgan fingerprint density at radius 2 is 2.06 bits per heavy atom. The van der Waals surface area contributed by atoms with Crippen molar-refractivity contribution in [2.75, 3.05) is 7.11 Å². The number of methoxy groups -OCH3 is 1. The maximum atomic E-state index is 12.0. The summed E-state index contributed by atoms with van der Waals surface area (Å²) in [5.74, 6) is -1.10. The number of esters is 1. The number of fused-ring (bicyclic) bond motifs is 1. The van der Waals surface area contributed by atoms with Gasteiger partial charge in [0.1, 0.15) is 0 Å². The highest BCUT2D eigenvalue weighted by Crippen LogP contribution is 2.28. The molecule has 0 radical (unpaired) electrons. The van der Waals surface area contributed by atoms with Gasteiger partial charge in [0, 0.05) is 17.5 Å². The fourth-order valence-electron chi connectivity index (χ4n) is 1.80. The first-order valence-corrected chi connectivity index (χ1v) is 5.44. The van der Waals surface area contributed by atoms with Crippen molar-refractivity contribution in [2.24, 2.45) is 7.05 Å². The average molecular weight is 268 g/mol. The Balaban J connectivity index is 2.98. The topological polar surface area (TPSA) is 68.5 Å². The zero-order valence-corrected chi connectivity index (χ0v) is 10.5. The Kier molecular flexibility index (Phi) is 3.00. The summed E-state index contributed by atoms with van der Waals surface area (Å²) < 4.78 is 5.59. The number of benzene rings is 1. The summed E-state index contributed by atoms with van der Waals surface area (Å²) in [6, 6.07) is 4.48. The van der Waals surface area contributed by atoms with E-state index in [0.29, 0.717) is 5.02 Å². The van der Waals surface area contributed by atoms with Crippen molar-refractivity contribution in [3.05, 3.63) is 39.3 Å². The molecule has 0 spiro atoms. The molecule has 0 unspecified atom stereocenters. The second-order valence-corrected chi connectivity index (χ2v) is 4.18. The monoisotopic (exact) mass is 267 g/mol. The minimum atomic E-state index is -0.783. The molecule has 0 aliphatic heterocycles. The van der Waals surface area contributed by atoms with Crippen LogP contribution in [0.5, 0.6) is 5.75 Å². The van der Waals surface area contributed by atoms with E-state index in [4.69, 9.17) is 11.6 Å². The van der Waals surface area contributed by atoms with Crippen molar-refractivity contribution in [2.45, 2.75) is 0 Å². The number of carbonyl (C=O) groups is 1. The molecule has 1 aromatic heterocycles. The first kappa shape index (κ1) is 12.4. The third-order valence-electron chi connectivity index (χ3n) is 2.71. The summed E-state index contributed by atoms with van der Waals surface area (Å²) in [5, 5.41) is 10.9. The summed E-state index contributed by atoms with van der Waals surface area (Å²) in [6.45, 7) is 0. The molecular formula is C12H10ClNO4. The Morgan fingerprint density at radius 1 is 1.39 bits per heavy atom. The third-order valence-corrected chi connectivity index (χ3v) is 2.95. The molecule has 5 nitrogen and oxygen atoms in total. The number of nitrogens with zero attached hydrogens (tertiary/aromatic N) is 1. The van der Waals surface area contributed by atoms with E-state index in [2.05, 4.69) is 4.74 Å². The molecule has 0 fully saturated rings. The van der Waals surface area contributed by atoms with Gasteiger partial charge in [0.05, 0.1) is 12.5 Å². The summed E-state index contributed by atoms with van der Waals surface area (Å²) in [5.41, 5.74) is -0.600. The van der Waals surface area contributed by atoms with Crippen LogP contribution in [0.3, 0.4) is 0 Å². The number of ether oxygens (including phenoxy) is 1. The van der Waals surface area contributed by atoms with Crippen LogP contribution >= 0.6 is 11.6 Å². The van der Waals surface area contributed by atoms with Gasteiger partial charge >= 0.3 is 5.97 Å². The van der Waals surface area contributed by atoms with Gasteiger partial charge in [0.25, 0.3) is 5.56 Å². The summed E-state index contributed by atoms with van der Waals surface area (Å²) >= 11 is 5.81. The Labute approximate surface area is 107 Å². The molecule has 6 heteroatoms. The molecule has 0 aliphatic carbocycles. The number of halogens is 1. The van der Waals surface area contributed by atoms with Gasteiger partial charge in [-0.25, -0.2) is 4.79 Å². The lowest BCUT2D eigenvalue weighted by molar-refractivity contribution is 0.0585. The van der Waals surface area contributed by atoms with E-state index in [1.807, 2.05) is 0 Å². The number of pyridine rings is 1. The lowest BCUT2D eigenvalue weighted by Crippen LogP contribution is -2.24. The van der Waals surface area contributed by atoms with Crippen molar-refractivity contribution in [1.82, 2.24) is 4.57 Å². The smallest absolute Gasteiger partial charge is 0.358 e. The molecule has 1 aromatic carbocycles. The van der Waals surface area contributed by atoms with Gasteiger partial charge < -0.3 is 14.4 Å². The van der Waals surface area contributed by atoms with Crippen LogP contribution in [0.4, 0.5) is 0 Å². The van der Waals surface area contributed by atoms with Gasteiger partial charge in [-0.05, 0) is 18.2 Å². The van der Waals surface area contributed by atoms with Gasteiger partial charge in [-0.2, -0.15) is 0 Å². The van der Waals surface area contributed by atoms with Gasteiger partial charge in [0.15, 0.2) is 11.4 Å². The summed E-state index contributed by atoms with van der Waals surface area (Å²) in [4.78, 5) is 23.6.